The van der Waals surface area contributed by atoms with Crippen LogP contribution in [0.1, 0.15) is 25.3 Å². The zero-order chi connectivity index (χ0) is 26.4. The number of nitrogens with zero attached hydrogens (tertiary/aromatic N) is 10. The Kier molecular flexibility index (Phi) is 5.84. The number of likely N-dealkylation sites (N-methyl/N-ethyl adjacent to an activating group) is 1. The maximum absolute atomic E-state index is 13.3. The average molecular weight is 511 g/mol. The summed E-state index contributed by atoms with van der Waals surface area (Å²) in [4.78, 5) is 29.3. The van der Waals surface area contributed by atoms with Crippen molar-refractivity contribution in [2.75, 3.05) is 44.7 Å². The second kappa shape index (κ2) is 9.22. The molecule has 2 aliphatic rings. The second-order valence-electron chi connectivity index (χ2n) is 10.3. The number of aromatic nitrogens is 6. The number of hydrogen-bond acceptors (Lipinski definition) is 8. The number of likely N-dealkylation sites (tertiary alicyclic amines) is 1. The number of anilines is 1. The van der Waals surface area contributed by atoms with Crippen LogP contribution < -0.4 is 4.90 Å². The predicted molar refractivity (Wildman–Crippen MR) is 142 cm³/mol. The standard InChI is InChI=1S/C27H30N10O/c1-27(7-4-8-33(27)2)26(38)36-11-9-35(10-12-36)23-6-5-19(14-29-23)24-25-20(13-28)15-31-37(25)18-22(32-24)21-16-30-34(3)17-21/h5-6,14-18H,4,7-12H2,1-3H3/t27-/m0/s1. The van der Waals surface area contributed by atoms with Gasteiger partial charge in [-0.25, -0.2) is 14.5 Å². The van der Waals surface area contributed by atoms with Crippen LogP contribution in [0.2, 0.25) is 0 Å². The van der Waals surface area contributed by atoms with Gasteiger partial charge in [0, 0.05) is 56.7 Å². The summed E-state index contributed by atoms with van der Waals surface area (Å²) in [5.74, 6) is 1.09. The summed E-state index contributed by atoms with van der Waals surface area (Å²) in [5.41, 5.74) is 3.72. The number of nitriles is 1. The molecular formula is C27H30N10O. The highest BCUT2D eigenvalue weighted by Crippen LogP contribution is 2.31. The van der Waals surface area contributed by atoms with E-state index in [0.29, 0.717) is 35.6 Å². The van der Waals surface area contributed by atoms with Gasteiger partial charge in [0.15, 0.2) is 0 Å². The lowest BCUT2D eigenvalue weighted by Gasteiger charge is -2.41. The number of amides is 1. The molecule has 194 valence electrons. The van der Waals surface area contributed by atoms with Crippen LogP contribution in [0.15, 0.2) is 43.1 Å². The number of carbonyl (C=O) groups excluding carboxylic acids is 1. The van der Waals surface area contributed by atoms with Gasteiger partial charge in [0.2, 0.25) is 5.91 Å². The highest BCUT2D eigenvalue weighted by Gasteiger charge is 2.43. The van der Waals surface area contributed by atoms with E-state index in [4.69, 9.17) is 9.97 Å². The number of rotatable bonds is 4. The largest absolute Gasteiger partial charge is 0.353 e. The van der Waals surface area contributed by atoms with E-state index >= 15 is 0 Å². The van der Waals surface area contributed by atoms with Crippen LogP contribution >= 0.6 is 0 Å². The molecule has 6 heterocycles. The summed E-state index contributed by atoms with van der Waals surface area (Å²) in [7, 11) is 3.90. The van der Waals surface area contributed by atoms with Gasteiger partial charge in [-0.15, -0.1) is 0 Å². The zero-order valence-electron chi connectivity index (χ0n) is 21.9. The number of hydrogen-bond donors (Lipinski definition) is 0. The van der Waals surface area contributed by atoms with Gasteiger partial charge < -0.3 is 9.80 Å². The quantitative estimate of drug-likeness (QED) is 0.411. The van der Waals surface area contributed by atoms with E-state index < -0.39 is 0 Å². The topological polar surface area (TPSA) is 111 Å². The molecule has 11 heteroatoms. The third-order valence-electron chi connectivity index (χ3n) is 7.99. The summed E-state index contributed by atoms with van der Waals surface area (Å²) < 4.78 is 3.41. The summed E-state index contributed by atoms with van der Waals surface area (Å²) in [6.07, 6.45) is 10.8. The van der Waals surface area contributed by atoms with Gasteiger partial charge in [-0.3, -0.25) is 14.4 Å². The molecule has 0 unspecified atom stereocenters. The third kappa shape index (κ3) is 3.97. The van der Waals surface area contributed by atoms with Crippen molar-refractivity contribution in [3.8, 4) is 28.6 Å². The molecule has 2 saturated heterocycles. The van der Waals surface area contributed by atoms with Crippen molar-refractivity contribution in [1.82, 2.24) is 39.2 Å². The minimum atomic E-state index is -0.388. The Morgan fingerprint density at radius 1 is 1.00 bits per heavy atom. The van der Waals surface area contributed by atoms with Crippen molar-refractivity contribution >= 4 is 17.2 Å². The number of pyridine rings is 1. The van der Waals surface area contributed by atoms with Crippen molar-refractivity contribution in [2.24, 2.45) is 7.05 Å². The summed E-state index contributed by atoms with van der Waals surface area (Å²) >= 11 is 0. The summed E-state index contributed by atoms with van der Waals surface area (Å²) in [6.45, 7) is 5.88. The first-order valence-corrected chi connectivity index (χ1v) is 12.9. The van der Waals surface area contributed by atoms with Crippen LogP contribution in [0.25, 0.3) is 28.0 Å². The molecule has 2 aliphatic heterocycles. The Bertz CT molecular complexity index is 1540. The molecule has 0 aliphatic carbocycles. The fraction of sp³-hybridized carbons (Fsp3) is 0.407. The van der Waals surface area contributed by atoms with E-state index in [9.17, 15) is 10.1 Å². The molecule has 0 bridgehead atoms. The highest BCUT2D eigenvalue weighted by atomic mass is 16.2. The van der Waals surface area contributed by atoms with Gasteiger partial charge in [-0.1, -0.05) is 0 Å². The van der Waals surface area contributed by atoms with E-state index in [1.807, 2.05) is 43.5 Å². The number of carbonyl (C=O) groups is 1. The number of aryl methyl sites for hydroxylation is 1. The van der Waals surface area contributed by atoms with Gasteiger partial charge in [0.05, 0.1) is 35.5 Å². The van der Waals surface area contributed by atoms with Crippen molar-refractivity contribution in [1.29, 1.82) is 5.26 Å². The molecule has 1 atom stereocenters. The van der Waals surface area contributed by atoms with E-state index in [0.717, 1.165) is 49.4 Å². The minimum Gasteiger partial charge on any atom is -0.353 e. The fourth-order valence-electron chi connectivity index (χ4n) is 5.55. The Morgan fingerprint density at radius 2 is 1.82 bits per heavy atom. The zero-order valence-corrected chi connectivity index (χ0v) is 21.9. The molecule has 11 nitrogen and oxygen atoms in total. The Balaban J connectivity index is 1.24. The smallest absolute Gasteiger partial charge is 0.242 e. The predicted octanol–water partition coefficient (Wildman–Crippen LogP) is 2.20. The molecular weight excluding hydrogens is 480 g/mol. The van der Waals surface area contributed by atoms with Crippen molar-refractivity contribution in [3.05, 3.63) is 48.7 Å². The molecule has 38 heavy (non-hydrogen) atoms. The summed E-state index contributed by atoms with van der Waals surface area (Å²) in [6, 6.07) is 6.19. The Morgan fingerprint density at radius 3 is 2.45 bits per heavy atom. The van der Waals surface area contributed by atoms with E-state index in [1.165, 1.54) is 0 Å². The lowest BCUT2D eigenvalue weighted by atomic mass is 9.97. The highest BCUT2D eigenvalue weighted by molar-refractivity contribution is 5.86. The van der Waals surface area contributed by atoms with Crippen LogP contribution in [-0.2, 0) is 11.8 Å². The monoisotopic (exact) mass is 510 g/mol. The molecule has 6 rings (SSSR count). The fourth-order valence-corrected chi connectivity index (χ4v) is 5.55. The second-order valence-corrected chi connectivity index (χ2v) is 10.3. The van der Waals surface area contributed by atoms with Gasteiger partial charge >= 0.3 is 0 Å². The number of fused-ring (bicyclic) bond motifs is 1. The summed E-state index contributed by atoms with van der Waals surface area (Å²) in [5, 5.41) is 18.3. The first-order chi connectivity index (χ1) is 18.4. The normalized spacial score (nSPS) is 20.3. The van der Waals surface area contributed by atoms with Gasteiger partial charge in [-0.2, -0.15) is 15.5 Å². The molecule has 4 aromatic heterocycles. The van der Waals surface area contributed by atoms with Gasteiger partial charge in [0.25, 0.3) is 0 Å². The lowest BCUT2D eigenvalue weighted by Crippen LogP contribution is -2.58. The van der Waals surface area contributed by atoms with E-state index in [2.05, 4.69) is 33.0 Å². The van der Waals surface area contributed by atoms with Gasteiger partial charge in [-0.05, 0) is 45.5 Å². The minimum absolute atomic E-state index is 0.234. The van der Waals surface area contributed by atoms with Crippen molar-refractivity contribution in [2.45, 2.75) is 25.3 Å². The molecule has 4 aromatic rings. The molecule has 0 N–H and O–H groups in total. The average Bonchev–Trinajstić information content (AvgIpc) is 3.66. The van der Waals surface area contributed by atoms with Crippen LogP contribution in [0.5, 0.6) is 0 Å². The molecule has 0 aromatic carbocycles. The molecule has 0 radical (unpaired) electrons. The lowest BCUT2D eigenvalue weighted by molar-refractivity contribution is -0.141. The van der Waals surface area contributed by atoms with Crippen LogP contribution in [-0.4, -0.2) is 90.4 Å². The Labute approximate surface area is 220 Å². The van der Waals surface area contributed by atoms with Crippen molar-refractivity contribution in [3.63, 3.8) is 0 Å². The first kappa shape index (κ1) is 24.1. The molecule has 1 amide bonds. The SMILES string of the molecule is CN1CCC[C@@]1(C)C(=O)N1CCN(c2ccc(-c3nc(-c4cnn(C)c4)cn4ncc(C#N)c34)cn2)CC1. The number of piperazine rings is 1. The molecule has 0 saturated carbocycles. The van der Waals surface area contributed by atoms with Crippen LogP contribution in [0.3, 0.4) is 0 Å². The third-order valence-corrected chi connectivity index (χ3v) is 7.99. The van der Waals surface area contributed by atoms with Crippen molar-refractivity contribution < 1.29 is 4.79 Å². The van der Waals surface area contributed by atoms with E-state index in [-0.39, 0.29) is 11.4 Å². The Hall–Kier alpha value is -4.30. The van der Waals surface area contributed by atoms with Crippen LogP contribution in [0, 0.1) is 11.3 Å². The van der Waals surface area contributed by atoms with E-state index in [1.54, 1.807) is 27.8 Å². The maximum Gasteiger partial charge on any atom is 0.242 e. The molecule has 2 fully saturated rings. The molecule has 0 spiro atoms. The van der Waals surface area contributed by atoms with Gasteiger partial charge in [0.1, 0.15) is 23.0 Å². The maximum atomic E-state index is 13.3. The first-order valence-electron chi connectivity index (χ1n) is 12.9. The van der Waals surface area contributed by atoms with Crippen LogP contribution in [0.4, 0.5) is 5.82 Å².